The van der Waals surface area contributed by atoms with Gasteiger partial charge in [-0.3, -0.25) is 0 Å². The van der Waals surface area contributed by atoms with Crippen LogP contribution in [0.4, 0.5) is 0 Å². The van der Waals surface area contributed by atoms with Crippen molar-refractivity contribution in [1.82, 2.24) is 0 Å². The Labute approximate surface area is 328 Å². The molecule has 0 aliphatic heterocycles. The van der Waals surface area contributed by atoms with Crippen LogP contribution in [0.15, 0.2) is 170 Å². The maximum atomic E-state index is 2.58. The van der Waals surface area contributed by atoms with Gasteiger partial charge in [0.25, 0.3) is 0 Å². The van der Waals surface area contributed by atoms with Gasteiger partial charge in [0.2, 0.25) is 0 Å². The predicted molar refractivity (Wildman–Crippen MR) is 236 cm³/mol. The van der Waals surface area contributed by atoms with Crippen LogP contribution in [-0.4, -0.2) is 0 Å². The fourth-order valence-electron chi connectivity index (χ4n) is 13.2. The monoisotopic (exact) mass is 714 g/mol. The second-order valence-electron chi connectivity index (χ2n) is 17.6. The van der Waals surface area contributed by atoms with E-state index in [0.717, 1.165) is 23.7 Å². The van der Waals surface area contributed by atoms with Gasteiger partial charge in [0, 0.05) is 5.41 Å². The lowest BCUT2D eigenvalue weighted by atomic mass is 9.43. The number of fused-ring (bicyclic) bond motifs is 9. The Kier molecular flexibility index (Phi) is 6.43. The van der Waals surface area contributed by atoms with Gasteiger partial charge in [-0.1, -0.05) is 164 Å². The fourth-order valence-corrected chi connectivity index (χ4v) is 13.2. The van der Waals surface area contributed by atoms with Gasteiger partial charge in [-0.25, -0.2) is 0 Å². The first-order chi connectivity index (χ1) is 27.7. The molecule has 9 aromatic carbocycles. The summed E-state index contributed by atoms with van der Waals surface area (Å²) in [6, 6.07) is 64.8. The molecule has 0 amide bonds. The molecule has 14 rings (SSSR count). The van der Waals surface area contributed by atoms with E-state index < -0.39 is 0 Å². The zero-order valence-corrected chi connectivity index (χ0v) is 31.5. The lowest BCUT2D eigenvalue weighted by molar-refractivity contribution is -0.0393. The molecule has 5 aliphatic carbocycles. The van der Waals surface area contributed by atoms with E-state index in [9.17, 15) is 0 Å². The van der Waals surface area contributed by atoms with Gasteiger partial charge in [-0.2, -0.15) is 0 Å². The van der Waals surface area contributed by atoms with Crippen molar-refractivity contribution in [2.24, 2.45) is 23.7 Å². The number of benzene rings is 9. The van der Waals surface area contributed by atoms with E-state index in [1.165, 1.54) is 120 Å². The molecule has 0 saturated heterocycles. The van der Waals surface area contributed by atoms with Gasteiger partial charge < -0.3 is 0 Å². The summed E-state index contributed by atoms with van der Waals surface area (Å²) in [5.41, 5.74) is 14.1. The summed E-state index contributed by atoms with van der Waals surface area (Å²) in [5, 5.41) is 10.9. The molecule has 1 spiro atoms. The van der Waals surface area contributed by atoms with Crippen molar-refractivity contribution in [3.8, 4) is 44.5 Å². The maximum Gasteiger partial charge on any atom is 0.0278 e. The Morgan fingerprint density at radius 2 is 0.821 bits per heavy atom. The van der Waals surface area contributed by atoms with Gasteiger partial charge in [0.15, 0.2) is 0 Å². The third-order valence-corrected chi connectivity index (χ3v) is 15.0. The second kappa shape index (κ2) is 11.5. The Balaban J connectivity index is 1.06. The standard InChI is InChI=1S/C56H42/c1-2-10-36(11-3-1)37-18-21-40(22-19-37)52-45-14-6-8-16-47(45)53(48-17-9-7-15-46(48)52)41-23-20-39-25-27-51-54(50(39)33-41)49-26-24-38-12-4-5-13-44(38)55(49)56(51)42-29-34-28-35(31-42)32-43(56)30-34/h1-27,33-35,42-43H,28-32H2. The van der Waals surface area contributed by atoms with Crippen LogP contribution >= 0.6 is 0 Å². The predicted octanol–water partition coefficient (Wildman–Crippen LogP) is 15.0. The highest BCUT2D eigenvalue weighted by Crippen LogP contribution is 2.70. The van der Waals surface area contributed by atoms with Crippen molar-refractivity contribution in [2.45, 2.75) is 37.5 Å². The second-order valence-corrected chi connectivity index (χ2v) is 17.6. The average molecular weight is 715 g/mol. The molecule has 266 valence electrons. The molecule has 4 saturated carbocycles. The summed E-state index contributed by atoms with van der Waals surface area (Å²) in [6.07, 6.45) is 7.05. The summed E-state index contributed by atoms with van der Waals surface area (Å²) in [6.45, 7) is 0. The van der Waals surface area contributed by atoms with Crippen molar-refractivity contribution in [3.63, 3.8) is 0 Å². The molecule has 0 nitrogen and oxygen atoms in total. The van der Waals surface area contributed by atoms with Crippen LogP contribution in [0.3, 0.4) is 0 Å². The lowest BCUT2D eigenvalue weighted by Crippen LogP contribution is -2.55. The fraction of sp³-hybridized carbons (Fsp3) is 0.179. The van der Waals surface area contributed by atoms with E-state index >= 15 is 0 Å². The summed E-state index contributed by atoms with van der Waals surface area (Å²) in [4.78, 5) is 0. The third kappa shape index (κ3) is 4.15. The summed E-state index contributed by atoms with van der Waals surface area (Å²) >= 11 is 0. The number of rotatable bonds is 3. The Hall–Kier alpha value is -5.98. The zero-order chi connectivity index (χ0) is 36.5. The molecule has 0 unspecified atom stereocenters. The van der Waals surface area contributed by atoms with Crippen molar-refractivity contribution in [3.05, 3.63) is 181 Å². The first-order valence-corrected chi connectivity index (χ1v) is 20.9. The molecule has 0 heteroatoms. The Bertz CT molecular complexity index is 2990. The minimum Gasteiger partial charge on any atom is -0.0622 e. The lowest BCUT2D eigenvalue weighted by Gasteiger charge is -2.61. The summed E-state index contributed by atoms with van der Waals surface area (Å²) in [7, 11) is 0. The quantitative estimate of drug-likeness (QED) is 0.160. The van der Waals surface area contributed by atoms with Crippen molar-refractivity contribution >= 4 is 43.1 Å². The first kappa shape index (κ1) is 31.2. The highest BCUT2D eigenvalue weighted by Gasteiger charge is 2.62. The summed E-state index contributed by atoms with van der Waals surface area (Å²) < 4.78 is 0. The van der Waals surface area contributed by atoms with E-state index in [1.54, 1.807) is 11.1 Å². The van der Waals surface area contributed by atoms with Crippen molar-refractivity contribution in [2.75, 3.05) is 0 Å². The summed E-state index contributed by atoms with van der Waals surface area (Å²) in [5.74, 6) is 3.30. The van der Waals surface area contributed by atoms with Crippen molar-refractivity contribution in [1.29, 1.82) is 0 Å². The van der Waals surface area contributed by atoms with E-state index in [4.69, 9.17) is 0 Å². The molecule has 0 heterocycles. The smallest absolute Gasteiger partial charge is 0.0278 e. The molecule has 4 fully saturated rings. The highest BCUT2D eigenvalue weighted by atomic mass is 14.6. The molecular formula is C56H42. The van der Waals surface area contributed by atoms with Gasteiger partial charge in [0.1, 0.15) is 0 Å². The molecule has 4 bridgehead atoms. The number of hydrogen-bond acceptors (Lipinski definition) is 0. The van der Waals surface area contributed by atoms with E-state index in [2.05, 4.69) is 170 Å². The Morgan fingerprint density at radius 3 is 1.48 bits per heavy atom. The van der Waals surface area contributed by atoms with E-state index in [-0.39, 0.29) is 5.41 Å². The van der Waals surface area contributed by atoms with Crippen LogP contribution < -0.4 is 0 Å². The van der Waals surface area contributed by atoms with Crippen LogP contribution in [0.1, 0.15) is 43.2 Å². The van der Waals surface area contributed by atoms with Crippen molar-refractivity contribution < 1.29 is 0 Å². The van der Waals surface area contributed by atoms with Crippen LogP contribution in [-0.2, 0) is 5.41 Å². The number of hydrogen-bond donors (Lipinski definition) is 0. The van der Waals surface area contributed by atoms with E-state index in [1.807, 2.05) is 0 Å². The molecule has 9 aromatic rings. The Morgan fingerprint density at radius 1 is 0.339 bits per heavy atom. The molecule has 5 aliphatic rings. The largest absolute Gasteiger partial charge is 0.0622 e. The molecule has 0 atom stereocenters. The minimum atomic E-state index is 0.111. The minimum absolute atomic E-state index is 0.111. The van der Waals surface area contributed by atoms with Crippen LogP contribution in [0, 0.1) is 23.7 Å². The van der Waals surface area contributed by atoms with Crippen LogP contribution in [0.5, 0.6) is 0 Å². The first-order valence-electron chi connectivity index (χ1n) is 20.9. The average Bonchev–Trinajstić information content (AvgIpc) is 3.56. The van der Waals surface area contributed by atoms with Gasteiger partial charge >= 0.3 is 0 Å². The maximum absolute atomic E-state index is 2.58. The van der Waals surface area contributed by atoms with Crippen LogP contribution in [0.2, 0.25) is 0 Å². The van der Waals surface area contributed by atoms with E-state index in [0.29, 0.717) is 0 Å². The SMILES string of the molecule is c1ccc(-c2ccc(-c3c4ccccc4c(-c4ccc5ccc6c(c5c4)-c4ccc5ccccc5c4C64C5CC6CC(C5)CC4C6)c4ccccc34)cc2)cc1. The normalized spacial score (nSPS) is 23.1. The molecule has 56 heavy (non-hydrogen) atoms. The molecule has 0 radical (unpaired) electrons. The topological polar surface area (TPSA) is 0 Å². The van der Waals surface area contributed by atoms with Crippen LogP contribution in [0.25, 0.3) is 87.6 Å². The van der Waals surface area contributed by atoms with Gasteiger partial charge in [-0.05, 0) is 161 Å². The molecular weight excluding hydrogens is 673 g/mol. The molecule has 0 N–H and O–H groups in total. The van der Waals surface area contributed by atoms with Gasteiger partial charge in [-0.15, -0.1) is 0 Å². The van der Waals surface area contributed by atoms with Gasteiger partial charge in [0.05, 0.1) is 0 Å². The third-order valence-electron chi connectivity index (χ3n) is 15.0. The zero-order valence-electron chi connectivity index (χ0n) is 31.5. The highest BCUT2D eigenvalue weighted by molar-refractivity contribution is 6.22. The molecule has 0 aromatic heterocycles.